The van der Waals surface area contributed by atoms with E-state index in [1.807, 2.05) is 0 Å². The Labute approximate surface area is 181 Å². The fourth-order valence-corrected chi connectivity index (χ4v) is 3.07. The van der Waals surface area contributed by atoms with E-state index in [-0.39, 0.29) is 12.3 Å². The number of hydrogen-bond acceptors (Lipinski definition) is 4. The molecule has 3 aromatic rings. The number of aromatic nitrogens is 2. The maximum atomic E-state index is 13.3. The van der Waals surface area contributed by atoms with Crippen LogP contribution < -0.4 is 9.47 Å². The largest absolute Gasteiger partial charge is 0.497 e. The summed E-state index contributed by atoms with van der Waals surface area (Å²) < 4.78 is 63.6. The lowest BCUT2D eigenvalue weighted by atomic mass is 10.1. The number of carbonyl (C=O) groups is 1. The summed E-state index contributed by atoms with van der Waals surface area (Å²) in [5.74, 6) is 0.763. The third kappa shape index (κ3) is 5.35. The van der Waals surface area contributed by atoms with Crippen molar-refractivity contribution in [3.8, 4) is 11.5 Å². The summed E-state index contributed by atoms with van der Waals surface area (Å²) >= 11 is 0. The zero-order valence-corrected chi connectivity index (χ0v) is 17.3. The van der Waals surface area contributed by atoms with Crippen LogP contribution in [0.2, 0.25) is 0 Å². The molecule has 0 radical (unpaired) electrons. The van der Waals surface area contributed by atoms with Crippen LogP contribution in [-0.4, -0.2) is 29.8 Å². The minimum atomic E-state index is -2.97. The summed E-state index contributed by atoms with van der Waals surface area (Å²) in [5.41, 5.74) is 0.173. The van der Waals surface area contributed by atoms with Crippen molar-refractivity contribution < 1.29 is 31.8 Å². The molecular weight excluding hydrogens is 428 g/mol. The highest BCUT2D eigenvalue weighted by molar-refractivity contribution is 6.06. The topological polar surface area (TPSA) is 53.4 Å². The number of allylic oxidation sites excluding steroid dienone is 1. The molecule has 0 N–H and O–H groups in total. The van der Waals surface area contributed by atoms with Crippen molar-refractivity contribution in [3.05, 3.63) is 82.7 Å². The van der Waals surface area contributed by atoms with Crippen LogP contribution in [0.15, 0.2) is 54.6 Å². The van der Waals surface area contributed by atoms with Gasteiger partial charge in [-0.2, -0.15) is 5.10 Å². The molecule has 1 heterocycles. The van der Waals surface area contributed by atoms with Crippen molar-refractivity contribution in [2.24, 2.45) is 0 Å². The van der Waals surface area contributed by atoms with Crippen LogP contribution in [0.3, 0.4) is 0 Å². The van der Waals surface area contributed by atoms with Crippen molar-refractivity contribution in [3.63, 3.8) is 0 Å². The van der Waals surface area contributed by atoms with E-state index >= 15 is 0 Å². The number of benzene rings is 2. The molecular formula is C23H20F4N2O3. The molecule has 0 aliphatic heterocycles. The van der Waals surface area contributed by atoms with Crippen molar-refractivity contribution in [1.29, 1.82) is 0 Å². The Hall–Kier alpha value is -3.62. The number of hydrogen-bond donors (Lipinski definition) is 0. The molecule has 0 unspecified atom stereocenters. The van der Waals surface area contributed by atoms with Crippen molar-refractivity contribution in [2.45, 2.75) is 19.4 Å². The molecule has 0 aliphatic rings. The van der Waals surface area contributed by atoms with Gasteiger partial charge in [-0.1, -0.05) is 12.1 Å². The van der Waals surface area contributed by atoms with Gasteiger partial charge in [-0.25, -0.2) is 17.6 Å². The summed E-state index contributed by atoms with van der Waals surface area (Å²) in [6, 6.07) is 12.2. The molecule has 0 aliphatic carbocycles. The Morgan fingerprint density at radius 2 is 1.72 bits per heavy atom. The SMILES string of the molecule is COc1ccc(C(=O)/C=C/c2ccc(OC)c(Cn3nc(C(F)F)cc3C(F)F)c2)cc1. The molecule has 168 valence electrons. The van der Waals surface area contributed by atoms with Gasteiger partial charge < -0.3 is 9.47 Å². The van der Waals surface area contributed by atoms with Crippen molar-refractivity contribution in [2.75, 3.05) is 14.2 Å². The van der Waals surface area contributed by atoms with E-state index < -0.39 is 24.2 Å². The fraction of sp³-hybridized carbons (Fsp3) is 0.217. The number of ketones is 1. The Morgan fingerprint density at radius 3 is 2.31 bits per heavy atom. The van der Waals surface area contributed by atoms with Gasteiger partial charge in [-0.3, -0.25) is 9.48 Å². The second kappa shape index (κ2) is 10.1. The standard InChI is InChI=1S/C23H20F4N2O3/c1-31-17-7-5-15(6-8-17)20(30)9-3-14-4-10-21(32-2)16(11-14)13-29-19(23(26)27)12-18(28-29)22(24)25/h3-12,22-23H,13H2,1-2H3/b9-3+. The predicted octanol–water partition coefficient (Wildman–Crippen LogP) is 5.72. The average Bonchev–Trinajstić information content (AvgIpc) is 3.22. The molecule has 32 heavy (non-hydrogen) atoms. The molecule has 0 bridgehead atoms. The number of carbonyl (C=O) groups excluding carboxylic acids is 1. The van der Waals surface area contributed by atoms with Crippen LogP contribution in [0.1, 0.15) is 45.7 Å². The molecule has 0 saturated carbocycles. The maximum Gasteiger partial charge on any atom is 0.282 e. The summed E-state index contributed by atoms with van der Waals surface area (Å²) in [5, 5.41) is 3.61. The van der Waals surface area contributed by atoms with Crippen molar-refractivity contribution >= 4 is 11.9 Å². The molecule has 0 spiro atoms. The molecule has 0 amide bonds. The van der Waals surface area contributed by atoms with Crippen LogP contribution in [0.25, 0.3) is 6.08 Å². The lowest BCUT2D eigenvalue weighted by molar-refractivity contribution is 0.104. The molecule has 0 atom stereocenters. The van der Waals surface area contributed by atoms with Gasteiger partial charge in [0.15, 0.2) is 5.78 Å². The van der Waals surface area contributed by atoms with E-state index in [4.69, 9.17) is 9.47 Å². The molecule has 5 nitrogen and oxygen atoms in total. The third-order valence-corrected chi connectivity index (χ3v) is 4.70. The van der Waals surface area contributed by atoms with E-state index in [0.29, 0.717) is 34.3 Å². The normalized spacial score (nSPS) is 11.5. The number of halogens is 4. The molecule has 0 fully saturated rings. The van der Waals surface area contributed by atoms with E-state index in [1.165, 1.54) is 20.3 Å². The van der Waals surface area contributed by atoms with Gasteiger partial charge in [0.1, 0.15) is 22.9 Å². The van der Waals surface area contributed by atoms with Gasteiger partial charge in [0, 0.05) is 11.1 Å². The maximum absolute atomic E-state index is 13.3. The Balaban J connectivity index is 1.86. The number of nitrogens with zero attached hydrogens (tertiary/aromatic N) is 2. The number of ether oxygens (including phenoxy) is 2. The highest BCUT2D eigenvalue weighted by Crippen LogP contribution is 2.28. The second-order valence-electron chi connectivity index (χ2n) is 6.75. The van der Waals surface area contributed by atoms with Gasteiger partial charge in [-0.05, 0) is 54.1 Å². The molecule has 2 aromatic carbocycles. The van der Waals surface area contributed by atoms with Gasteiger partial charge in [-0.15, -0.1) is 0 Å². The van der Waals surface area contributed by atoms with E-state index in [2.05, 4.69) is 5.10 Å². The lowest BCUT2D eigenvalue weighted by Crippen LogP contribution is -2.08. The molecule has 0 saturated heterocycles. The molecule has 9 heteroatoms. The monoisotopic (exact) mass is 448 g/mol. The first-order chi connectivity index (χ1) is 15.3. The second-order valence-corrected chi connectivity index (χ2v) is 6.75. The minimum absolute atomic E-state index is 0.205. The van der Waals surface area contributed by atoms with Gasteiger partial charge in [0.25, 0.3) is 12.9 Å². The van der Waals surface area contributed by atoms with Gasteiger partial charge >= 0.3 is 0 Å². The minimum Gasteiger partial charge on any atom is -0.497 e. The zero-order chi connectivity index (χ0) is 23.3. The van der Waals surface area contributed by atoms with Crippen molar-refractivity contribution in [1.82, 2.24) is 9.78 Å². The lowest BCUT2D eigenvalue weighted by Gasteiger charge is -2.12. The van der Waals surface area contributed by atoms with Crippen LogP contribution >= 0.6 is 0 Å². The van der Waals surface area contributed by atoms with E-state index in [1.54, 1.807) is 48.5 Å². The summed E-state index contributed by atoms with van der Waals surface area (Å²) in [6.45, 7) is -0.205. The highest BCUT2D eigenvalue weighted by Gasteiger charge is 2.22. The van der Waals surface area contributed by atoms with Gasteiger partial charge in [0.05, 0.1) is 20.8 Å². The summed E-state index contributed by atoms with van der Waals surface area (Å²) in [6.07, 6.45) is -2.99. The fourth-order valence-electron chi connectivity index (χ4n) is 3.07. The first-order valence-corrected chi connectivity index (χ1v) is 9.49. The first kappa shape index (κ1) is 23.1. The Bertz CT molecular complexity index is 1110. The van der Waals surface area contributed by atoms with E-state index in [9.17, 15) is 22.4 Å². The number of rotatable bonds is 9. The first-order valence-electron chi connectivity index (χ1n) is 9.49. The zero-order valence-electron chi connectivity index (χ0n) is 17.3. The number of alkyl halides is 4. The van der Waals surface area contributed by atoms with Crippen LogP contribution in [0.4, 0.5) is 17.6 Å². The van der Waals surface area contributed by atoms with Crippen LogP contribution in [-0.2, 0) is 6.54 Å². The summed E-state index contributed by atoms with van der Waals surface area (Å²) in [7, 11) is 2.93. The quantitative estimate of drug-likeness (QED) is 0.239. The Kier molecular flexibility index (Phi) is 7.29. The van der Waals surface area contributed by atoms with Crippen LogP contribution in [0.5, 0.6) is 11.5 Å². The summed E-state index contributed by atoms with van der Waals surface area (Å²) in [4.78, 5) is 12.4. The van der Waals surface area contributed by atoms with Crippen LogP contribution in [0, 0.1) is 0 Å². The molecule has 1 aromatic heterocycles. The Morgan fingerprint density at radius 1 is 1.00 bits per heavy atom. The smallest absolute Gasteiger partial charge is 0.282 e. The average molecular weight is 448 g/mol. The number of methoxy groups -OCH3 is 2. The van der Waals surface area contributed by atoms with Gasteiger partial charge in [0.2, 0.25) is 0 Å². The van der Waals surface area contributed by atoms with E-state index in [0.717, 1.165) is 4.68 Å². The third-order valence-electron chi connectivity index (χ3n) is 4.70. The predicted molar refractivity (Wildman–Crippen MR) is 111 cm³/mol. The molecule has 3 rings (SSSR count). The highest BCUT2D eigenvalue weighted by atomic mass is 19.3.